The van der Waals surface area contributed by atoms with E-state index in [2.05, 4.69) is 0 Å². The highest BCUT2D eigenvalue weighted by Crippen LogP contribution is 2.36. The number of aromatic carboxylic acids is 1. The van der Waals surface area contributed by atoms with E-state index < -0.39 is 5.97 Å². The van der Waals surface area contributed by atoms with Crippen molar-refractivity contribution in [3.63, 3.8) is 0 Å². The first-order chi connectivity index (χ1) is 9.20. The topological polar surface area (TPSA) is 80.9 Å². The first kappa shape index (κ1) is 11.9. The summed E-state index contributed by atoms with van der Waals surface area (Å²) in [5.41, 5.74) is 0.913. The summed E-state index contributed by atoms with van der Waals surface area (Å²) in [4.78, 5) is 11.3. The van der Waals surface area contributed by atoms with Crippen LogP contribution in [-0.2, 0) is 6.54 Å². The highest BCUT2D eigenvalue weighted by Gasteiger charge is 2.19. The molecule has 0 bridgehead atoms. The van der Waals surface area contributed by atoms with E-state index in [1.54, 1.807) is 16.7 Å². The molecular weight excluding hydrogens is 250 g/mol. The van der Waals surface area contributed by atoms with E-state index in [0.29, 0.717) is 36.6 Å². The molecule has 2 aromatic rings. The molecule has 1 aromatic carbocycles. The lowest BCUT2D eigenvalue weighted by atomic mass is 10.1. The molecule has 1 aromatic heterocycles. The third-order valence-electron chi connectivity index (χ3n) is 3.12. The highest BCUT2D eigenvalue weighted by molar-refractivity contribution is 6.04. The van der Waals surface area contributed by atoms with Crippen molar-refractivity contribution in [2.24, 2.45) is 0 Å². The van der Waals surface area contributed by atoms with Crippen molar-refractivity contribution in [3.05, 3.63) is 23.9 Å². The molecule has 1 aliphatic rings. The molecule has 3 rings (SSSR count). The van der Waals surface area contributed by atoms with Crippen LogP contribution >= 0.6 is 0 Å². The molecule has 0 saturated carbocycles. The minimum atomic E-state index is -1.00. The standard InChI is InChI=1S/C13H13NO5/c15-2-1-14-7-9(13(16)17)8-5-11-12(6-10(8)14)19-4-3-18-11/h5-7,15H,1-4H2,(H,16,17). The second kappa shape index (κ2) is 4.47. The van der Waals surface area contributed by atoms with Gasteiger partial charge in [0.05, 0.1) is 17.7 Å². The number of hydrogen-bond donors (Lipinski definition) is 2. The maximum Gasteiger partial charge on any atom is 0.337 e. The Labute approximate surface area is 108 Å². The van der Waals surface area contributed by atoms with Gasteiger partial charge in [-0.2, -0.15) is 0 Å². The van der Waals surface area contributed by atoms with Crippen LogP contribution in [0.2, 0.25) is 0 Å². The monoisotopic (exact) mass is 263 g/mol. The van der Waals surface area contributed by atoms with Crippen LogP contribution in [0.5, 0.6) is 11.5 Å². The third kappa shape index (κ3) is 1.90. The van der Waals surface area contributed by atoms with Gasteiger partial charge < -0.3 is 24.3 Å². The molecule has 2 N–H and O–H groups in total. The van der Waals surface area contributed by atoms with Gasteiger partial charge in [0.1, 0.15) is 13.2 Å². The quantitative estimate of drug-likeness (QED) is 0.866. The smallest absolute Gasteiger partial charge is 0.337 e. The molecule has 2 heterocycles. The van der Waals surface area contributed by atoms with Crippen molar-refractivity contribution in [1.82, 2.24) is 4.57 Å². The van der Waals surface area contributed by atoms with Gasteiger partial charge in [-0.25, -0.2) is 4.79 Å². The molecule has 6 heteroatoms. The molecular formula is C13H13NO5. The average Bonchev–Trinajstić information content (AvgIpc) is 2.75. The second-order valence-electron chi connectivity index (χ2n) is 4.28. The number of rotatable bonds is 3. The number of hydrogen-bond acceptors (Lipinski definition) is 4. The largest absolute Gasteiger partial charge is 0.486 e. The number of carbonyl (C=O) groups is 1. The SMILES string of the molecule is O=C(O)c1cn(CCO)c2cc3c(cc12)OCCO3. The summed E-state index contributed by atoms with van der Waals surface area (Å²) >= 11 is 0. The van der Waals surface area contributed by atoms with Crippen LogP contribution in [0.25, 0.3) is 10.9 Å². The average molecular weight is 263 g/mol. The summed E-state index contributed by atoms with van der Waals surface area (Å²) in [6, 6.07) is 3.44. The summed E-state index contributed by atoms with van der Waals surface area (Å²) < 4.78 is 12.7. The Hall–Kier alpha value is -2.21. The lowest BCUT2D eigenvalue weighted by Gasteiger charge is -2.18. The molecule has 6 nitrogen and oxygen atoms in total. The molecule has 0 aliphatic carbocycles. The predicted octanol–water partition coefficient (Wildman–Crippen LogP) is 1.10. The van der Waals surface area contributed by atoms with Crippen molar-refractivity contribution < 1.29 is 24.5 Å². The lowest BCUT2D eigenvalue weighted by Crippen LogP contribution is -2.15. The minimum absolute atomic E-state index is 0.0583. The molecule has 0 spiro atoms. The van der Waals surface area contributed by atoms with Gasteiger partial charge in [0.2, 0.25) is 0 Å². The summed E-state index contributed by atoms with van der Waals surface area (Å²) in [7, 11) is 0. The van der Waals surface area contributed by atoms with Gasteiger partial charge in [-0.3, -0.25) is 0 Å². The molecule has 100 valence electrons. The van der Waals surface area contributed by atoms with Gasteiger partial charge in [-0.05, 0) is 6.07 Å². The number of benzene rings is 1. The summed E-state index contributed by atoms with van der Waals surface area (Å²) in [5, 5.41) is 18.8. The number of aromatic nitrogens is 1. The van der Waals surface area contributed by atoms with Crippen molar-refractivity contribution in [2.75, 3.05) is 19.8 Å². The molecule has 1 aliphatic heterocycles. The van der Waals surface area contributed by atoms with Crippen molar-refractivity contribution >= 4 is 16.9 Å². The van der Waals surface area contributed by atoms with Crippen LogP contribution in [0.4, 0.5) is 0 Å². The Kier molecular flexibility index (Phi) is 2.79. The Bertz CT molecular complexity index is 646. The van der Waals surface area contributed by atoms with Gasteiger partial charge in [-0.1, -0.05) is 0 Å². The van der Waals surface area contributed by atoms with E-state index in [0.717, 1.165) is 5.52 Å². The van der Waals surface area contributed by atoms with Crippen molar-refractivity contribution in [3.8, 4) is 11.5 Å². The molecule has 0 atom stereocenters. The van der Waals surface area contributed by atoms with Crippen LogP contribution in [0, 0.1) is 0 Å². The van der Waals surface area contributed by atoms with Gasteiger partial charge in [-0.15, -0.1) is 0 Å². The van der Waals surface area contributed by atoms with Crippen LogP contribution in [0.3, 0.4) is 0 Å². The Morgan fingerprint density at radius 2 is 1.95 bits per heavy atom. The minimum Gasteiger partial charge on any atom is -0.486 e. The fraction of sp³-hybridized carbons (Fsp3) is 0.308. The Morgan fingerprint density at radius 1 is 1.26 bits per heavy atom. The second-order valence-corrected chi connectivity index (χ2v) is 4.28. The zero-order valence-electron chi connectivity index (χ0n) is 10.1. The van der Waals surface area contributed by atoms with E-state index >= 15 is 0 Å². The van der Waals surface area contributed by atoms with Gasteiger partial charge in [0.25, 0.3) is 0 Å². The highest BCUT2D eigenvalue weighted by atomic mass is 16.6. The van der Waals surface area contributed by atoms with E-state index in [9.17, 15) is 9.90 Å². The molecule has 0 radical (unpaired) electrons. The Morgan fingerprint density at radius 3 is 2.58 bits per heavy atom. The number of nitrogens with zero attached hydrogens (tertiary/aromatic N) is 1. The van der Waals surface area contributed by atoms with Crippen molar-refractivity contribution in [1.29, 1.82) is 0 Å². The van der Waals surface area contributed by atoms with Gasteiger partial charge >= 0.3 is 5.97 Å². The van der Waals surface area contributed by atoms with Gasteiger partial charge in [0.15, 0.2) is 11.5 Å². The van der Waals surface area contributed by atoms with E-state index in [-0.39, 0.29) is 12.2 Å². The molecule has 0 unspecified atom stereocenters. The maximum absolute atomic E-state index is 11.3. The van der Waals surface area contributed by atoms with Crippen LogP contribution in [0.15, 0.2) is 18.3 Å². The normalized spacial score (nSPS) is 13.7. The predicted molar refractivity (Wildman–Crippen MR) is 67.0 cm³/mol. The number of aliphatic hydroxyl groups is 1. The first-order valence-electron chi connectivity index (χ1n) is 5.97. The van der Waals surface area contributed by atoms with Crippen molar-refractivity contribution in [2.45, 2.75) is 6.54 Å². The van der Waals surface area contributed by atoms with Crippen LogP contribution in [0.1, 0.15) is 10.4 Å². The zero-order chi connectivity index (χ0) is 13.4. The molecule has 0 amide bonds. The summed E-state index contributed by atoms with van der Waals surface area (Å²) in [6.07, 6.45) is 1.52. The number of fused-ring (bicyclic) bond motifs is 2. The van der Waals surface area contributed by atoms with E-state index in [1.807, 2.05) is 0 Å². The molecule has 0 fully saturated rings. The first-order valence-corrected chi connectivity index (χ1v) is 5.97. The van der Waals surface area contributed by atoms with E-state index in [1.165, 1.54) is 6.20 Å². The fourth-order valence-corrected chi connectivity index (χ4v) is 2.29. The zero-order valence-corrected chi connectivity index (χ0v) is 10.1. The maximum atomic E-state index is 11.3. The lowest BCUT2D eigenvalue weighted by molar-refractivity contribution is 0.0698. The van der Waals surface area contributed by atoms with Crippen LogP contribution in [-0.4, -0.2) is 40.6 Å². The third-order valence-corrected chi connectivity index (χ3v) is 3.12. The number of ether oxygens (including phenoxy) is 2. The fourth-order valence-electron chi connectivity index (χ4n) is 2.29. The van der Waals surface area contributed by atoms with E-state index in [4.69, 9.17) is 14.6 Å². The molecule has 0 saturated heterocycles. The van der Waals surface area contributed by atoms with Crippen LogP contribution < -0.4 is 9.47 Å². The number of aliphatic hydroxyl groups excluding tert-OH is 1. The van der Waals surface area contributed by atoms with Gasteiger partial charge in [0, 0.05) is 24.2 Å². The molecule has 19 heavy (non-hydrogen) atoms. The summed E-state index contributed by atoms with van der Waals surface area (Å²) in [5.74, 6) is 0.161. The summed E-state index contributed by atoms with van der Waals surface area (Å²) in [6.45, 7) is 1.21. The number of carboxylic acids is 1. The number of carboxylic acid groups (broad SMARTS) is 1. The Balaban J connectivity index is 2.24.